The molecule has 1 N–H and O–H groups in total. The molecule has 1 heterocycles. The average molecular weight is 582 g/mol. The van der Waals surface area contributed by atoms with Crippen LogP contribution in [0, 0.1) is 0 Å². The van der Waals surface area contributed by atoms with E-state index in [-0.39, 0.29) is 17.8 Å². The highest BCUT2D eigenvalue weighted by Crippen LogP contribution is 2.48. The zero-order valence-corrected chi connectivity index (χ0v) is 25.4. The monoisotopic (exact) mass is 581 g/mol. The van der Waals surface area contributed by atoms with E-state index >= 15 is 0 Å². The Labute approximate surface area is 253 Å². The molecule has 3 atom stereocenters. The number of carbonyl (C=O) groups is 2. The third-order valence-electron chi connectivity index (χ3n) is 8.28. The Bertz CT molecular complexity index is 1560. The van der Waals surface area contributed by atoms with Crippen LogP contribution in [0.4, 0.5) is 0 Å². The molecule has 1 aliphatic heterocycles. The molecule has 2 aliphatic rings. The van der Waals surface area contributed by atoms with Gasteiger partial charge < -0.3 is 24.3 Å². The molecule has 3 aromatic carbocycles. The molecule has 7 nitrogen and oxygen atoms in total. The molecule has 224 valence electrons. The van der Waals surface area contributed by atoms with Gasteiger partial charge in [0, 0.05) is 29.0 Å². The average Bonchev–Trinajstić information content (AvgIpc) is 3.03. The maximum atomic E-state index is 14.1. The van der Waals surface area contributed by atoms with E-state index in [1.54, 1.807) is 14.2 Å². The minimum absolute atomic E-state index is 0.0160. The van der Waals surface area contributed by atoms with E-state index < -0.39 is 11.9 Å². The Morgan fingerprint density at radius 1 is 0.930 bits per heavy atom. The predicted octanol–water partition coefficient (Wildman–Crippen LogP) is 6.99. The number of hydrogen-bond donors (Lipinski definition) is 1. The van der Waals surface area contributed by atoms with E-state index in [9.17, 15) is 9.59 Å². The first-order chi connectivity index (χ1) is 20.8. The first kappa shape index (κ1) is 30.0. The van der Waals surface area contributed by atoms with Gasteiger partial charge in [0.15, 0.2) is 17.3 Å². The number of methoxy groups -OCH3 is 2. The van der Waals surface area contributed by atoms with Crippen LogP contribution >= 0.6 is 0 Å². The molecule has 0 aromatic heterocycles. The number of ether oxygens (including phenoxy) is 4. The first-order valence-corrected chi connectivity index (χ1v) is 14.8. The fourth-order valence-electron chi connectivity index (χ4n) is 5.88. The molecule has 3 unspecified atom stereocenters. The van der Waals surface area contributed by atoms with E-state index in [1.807, 2.05) is 93.6 Å². The highest BCUT2D eigenvalue weighted by Gasteiger charge is 2.42. The van der Waals surface area contributed by atoms with Crippen molar-refractivity contribution in [2.24, 2.45) is 0 Å². The summed E-state index contributed by atoms with van der Waals surface area (Å²) in [6.07, 6.45) is 1.33. The minimum atomic E-state index is -0.626. The third-order valence-corrected chi connectivity index (χ3v) is 8.28. The molecule has 0 spiro atoms. The Morgan fingerprint density at radius 2 is 1.65 bits per heavy atom. The van der Waals surface area contributed by atoms with Gasteiger partial charge in [0.25, 0.3) is 0 Å². The second-order valence-corrected chi connectivity index (χ2v) is 11.1. The van der Waals surface area contributed by atoms with Crippen LogP contribution in [-0.4, -0.2) is 32.1 Å². The topological polar surface area (TPSA) is 83.1 Å². The Kier molecular flexibility index (Phi) is 9.19. The summed E-state index contributed by atoms with van der Waals surface area (Å²) in [5, 5.41) is 3.44. The van der Waals surface area contributed by atoms with E-state index in [0.717, 1.165) is 22.4 Å². The van der Waals surface area contributed by atoms with Crippen molar-refractivity contribution in [3.05, 3.63) is 112 Å². The minimum Gasteiger partial charge on any atom is -0.493 e. The molecule has 0 saturated heterocycles. The van der Waals surface area contributed by atoms with Gasteiger partial charge in [-0.1, -0.05) is 61.5 Å². The van der Waals surface area contributed by atoms with Crippen LogP contribution in [0.1, 0.15) is 68.6 Å². The summed E-state index contributed by atoms with van der Waals surface area (Å²) in [5.41, 5.74) is 5.30. The van der Waals surface area contributed by atoms with E-state index in [1.165, 1.54) is 0 Å². The lowest BCUT2D eigenvalue weighted by Gasteiger charge is -2.37. The molecular weight excluding hydrogens is 542 g/mol. The summed E-state index contributed by atoms with van der Waals surface area (Å²) in [6.45, 7) is 6.09. The van der Waals surface area contributed by atoms with Crippen LogP contribution in [-0.2, 0) is 20.9 Å². The SMILES string of the molecule is CCC(C)OC(=O)C1=C(C)NC2=C(C(=O)CC(c3ccc(OC)c(OC)c3)C2)C1c1ccccc1OCc1ccccc1. The number of Topliss-reactive ketones (excluding diaryl/α,β-unsaturated/α-hetero) is 1. The summed E-state index contributed by atoms with van der Waals surface area (Å²) in [4.78, 5) is 27.9. The van der Waals surface area contributed by atoms with Crippen molar-refractivity contribution in [3.8, 4) is 17.2 Å². The van der Waals surface area contributed by atoms with E-state index in [2.05, 4.69) is 5.32 Å². The van der Waals surface area contributed by atoms with Crippen LogP contribution in [0.5, 0.6) is 17.2 Å². The molecule has 0 amide bonds. The third kappa shape index (κ3) is 6.31. The number of carbonyl (C=O) groups excluding carboxylic acids is 2. The second kappa shape index (κ2) is 13.2. The molecule has 3 aromatic rings. The maximum Gasteiger partial charge on any atom is 0.337 e. The number of allylic oxidation sites excluding steroid dienone is 3. The van der Waals surface area contributed by atoms with Crippen molar-refractivity contribution in [1.82, 2.24) is 5.32 Å². The molecule has 7 heteroatoms. The second-order valence-electron chi connectivity index (χ2n) is 11.1. The summed E-state index contributed by atoms with van der Waals surface area (Å²) in [5.74, 6) is 0.753. The number of hydrogen-bond acceptors (Lipinski definition) is 7. The fourth-order valence-corrected chi connectivity index (χ4v) is 5.88. The van der Waals surface area contributed by atoms with Gasteiger partial charge in [-0.25, -0.2) is 4.79 Å². The Hall–Kier alpha value is -4.52. The maximum absolute atomic E-state index is 14.1. The van der Waals surface area contributed by atoms with Gasteiger partial charge in [0.05, 0.1) is 31.8 Å². The summed E-state index contributed by atoms with van der Waals surface area (Å²) < 4.78 is 23.1. The van der Waals surface area contributed by atoms with Gasteiger partial charge >= 0.3 is 5.97 Å². The van der Waals surface area contributed by atoms with Crippen LogP contribution in [0.2, 0.25) is 0 Å². The molecule has 0 radical (unpaired) electrons. The number of rotatable bonds is 10. The van der Waals surface area contributed by atoms with Crippen LogP contribution in [0.25, 0.3) is 0 Å². The molecule has 0 saturated carbocycles. The molecule has 0 fully saturated rings. The Morgan fingerprint density at radius 3 is 2.37 bits per heavy atom. The summed E-state index contributed by atoms with van der Waals surface area (Å²) in [6, 6.07) is 23.4. The predicted molar refractivity (Wildman–Crippen MR) is 165 cm³/mol. The number of ketones is 1. The summed E-state index contributed by atoms with van der Waals surface area (Å²) >= 11 is 0. The highest BCUT2D eigenvalue weighted by atomic mass is 16.5. The molecule has 43 heavy (non-hydrogen) atoms. The largest absolute Gasteiger partial charge is 0.493 e. The molecule has 0 bridgehead atoms. The van der Waals surface area contributed by atoms with Crippen molar-refractivity contribution < 1.29 is 28.5 Å². The molecular formula is C36H39NO6. The van der Waals surface area contributed by atoms with Crippen molar-refractivity contribution in [2.45, 2.75) is 64.6 Å². The lowest BCUT2D eigenvalue weighted by Crippen LogP contribution is -2.36. The van der Waals surface area contributed by atoms with Gasteiger partial charge in [0.1, 0.15) is 12.4 Å². The quantitative estimate of drug-likeness (QED) is 0.259. The van der Waals surface area contributed by atoms with Crippen molar-refractivity contribution in [2.75, 3.05) is 14.2 Å². The van der Waals surface area contributed by atoms with E-state index in [4.69, 9.17) is 18.9 Å². The standard InChI is InChI=1S/C36H39NO6/c1-6-22(2)43-36(39)33-23(3)37-28-18-26(25-16-17-31(40-4)32(20-25)41-5)19-29(38)35(28)34(33)27-14-10-11-15-30(27)42-21-24-12-8-7-9-13-24/h7-17,20,22,26,34,37H,6,18-19,21H2,1-5H3. The van der Waals surface area contributed by atoms with Gasteiger partial charge in [-0.15, -0.1) is 0 Å². The van der Waals surface area contributed by atoms with Gasteiger partial charge in [0.2, 0.25) is 0 Å². The number of esters is 1. The van der Waals surface area contributed by atoms with E-state index in [0.29, 0.717) is 60.0 Å². The number of benzene rings is 3. The lowest BCUT2D eigenvalue weighted by atomic mass is 9.71. The van der Waals surface area contributed by atoms with Gasteiger partial charge in [-0.05, 0) is 61.9 Å². The zero-order valence-electron chi connectivity index (χ0n) is 25.4. The van der Waals surface area contributed by atoms with Crippen LogP contribution < -0.4 is 19.5 Å². The van der Waals surface area contributed by atoms with Crippen LogP contribution in [0.15, 0.2) is 95.3 Å². The van der Waals surface area contributed by atoms with Gasteiger partial charge in [-0.2, -0.15) is 0 Å². The smallest absolute Gasteiger partial charge is 0.337 e. The van der Waals surface area contributed by atoms with Crippen molar-refractivity contribution >= 4 is 11.8 Å². The molecule has 1 aliphatic carbocycles. The number of para-hydroxylation sites is 1. The highest BCUT2D eigenvalue weighted by molar-refractivity contribution is 6.04. The normalized spacial score (nSPS) is 18.9. The number of dihydropyridines is 1. The lowest BCUT2D eigenvalue weighted by molar-refractivity contribution is -0.144. The fraction of sp³-hybridized carbons (Fsp3) is 0.333. The van der Waals surface area contributed by atoms with Crippen molar-refractivity contribution in [3.63, 3.8) is 0 Å². The number of nitrogens with one attached hydrogen (secondary N) is 1. The first-order valence-electron chi connectivity index (χ1n) is 14.8. The van der Waals surface area contributed by atoms with Gasteiger partial charge in [-0.3, -0.25) is 4.79 Å². The zero-order chi connectivity index (χ0) is 30.5. The van der Waals surface area contributed by atoms with Crippen molar-refractivity contribution in [1.29, 1.82) is 0 Å². The van der Waals surface area contributed by atoms with Crippen LogP contribution in [0.3, 0.4) is 0 Å². The molecule has 5 rings (SSSR count). The summed E-state index contributed by atoms with van der Waals surface area (Å²) in [7, 11) is 3.21. The Balaban J connectivity index is 1.56.